The number of nitrogens with one attached hydrogen (secondary N) is 1. The van der Waals surface area contributed by atoms with E-state index >= 15 is 0 Å². The Morgan fingerprint density at radius 3 is 2.94 bits per heavy atom. The van der Waals surface area contributed by atoms with E-state index in [1.54, 1.807) is 6.20 Å². The number of aromatic nitrogens is 1. The summed E-state index contributed by atoms with van der Waals surface area (Å²) in [6.45, 7) is 4.83. The van der Waals surface area contributed by atoms with Crippen LogP contribution in [0.5, 0.6) is 0 Å². The lowest BCUT2D eigenvalue weighted by Gasteiger charge is -2.20. The molecule has 1 aromatic rings. The van der Waals surface area contributed by atoms with Crippen molar-refractivity contribution in [1.82, 2.24) is 10.3 Å². The van der Waals surface area contributed by atoms with Gasteiger partial charge >= 0.3 is 0 Å². The Labute approximate surface area is 101 Å². The van der Waals surface area contributed by atoms with Crippen LogP contribution < -0.4 is 10.2 Å². The minimum Gasteiger partial charge on any atom is -0.370 e. The van der Waals surface area contributed by atoms with Gasteiger partial charge in [0.1, 0.15) is 0 Å². The monoisotopic (exact) mass is 231 g/mol. The molecule has 2 heterocycles. The number of fused-ring (bicyclic) bond motifs is 1. The molecule has 0 radical (unpaired) electrons. The number of piperidine rings is 1. The topological polar surface area (TPSA) is 45.2 Å². The van der Waals surface area contributed by atoms with Gasteiger partial charge in [0, 0.05) is 25.8 Å². The van der Waals surface area contributed by atoms with Crippen LogP contribution in [-0.2, 0) is 0 Å². The van der Waals surface area contributed by atoms with Crippen LogP contribution in [0.25, 0.3) is 0 Å². The standard InChI is InChI=1S/C13H17N3O/c1-2-15-13(17)9-4-12(6-14-5-9)16-7-10-3-11(10)8-16/h4-6,10-11H,2-3,7-8H2,1H3,(H,15,17). The van der Waals surface area contributed by atoms with Gasteiger partial charge in [0.2, 0.25) is 0 Å². The smallest absolute Gasteiger partial charge is 0.252 e. The van der Waals surface area contributed by atoms with Gasteiger partial charge in [0.05, 0.1) is 17.4 Å². The van der Waals surface area contributed by atoms with E-state index in [0.717, 1.165) is 30.6 Å². The lowest BCUT2D eigenvalue weighted by molar-refractivity contribution is 0.0955. The molecule has 0 spiro atoms. The van der Waals surface area contributed by atoms with Crippen LogP contribution in [0.15, 0.2) is 18.5 Å². The molecular formula is C13H17N3O. The molecule has 1 aliphatic carbocycles. The van der Waals surface area contributed by atoms with Crippen LogP contribution in [0.2, 0.25) is 0 Å². The molecule has 0 aromatic carbocycles. The van der Waals surface area contributed by atoms with Gasteiger partial charge in [0.25, 0.3) is 5.91 Å². The molecule has 2 fully saturated rings. The Morgan fingerprint density at radius 2 is 2.24 bits per heavy atom. The van der Waals surface area contributed by atoms with E-state index in [9.17, 15) is 4.79 Å². The van der Waals surface area contributed by atoms with Crippen molar-refractivity contribution in [3.05, 3.63) is 24.0 Å². The molecule has 1 saturated carbocycles. The SMILES string of the molecule is CCNC(=O)c1cncc(N2CC3CC3C2)c1. The first-order valence-corrected chi connectivity index (χ1v) is 6.26. The summed E-state index contributed by atoms with van der Waals surface area (Å²) >= 11 is 0. The predicted molar refractivity (Wildman–Crippen MR) is 66.1 cm³/mol. The minimum absolute atomic E-state index is 0.0359. The lowest BCUT2D eigenvalue weighted by Crippen LogP contribution is -2.25. The van der Waals surface area contributed by atoms with Gasteiger partial charge < -0.3 is 10.2 Å². The van der Waals surface area contributed by atoms with Crippen molar-refractivity contribution in [3.63, 3.8) is 0 Å². The minimum atomic E-state index is -0.0359. The summed E-state index contributed by atoms with van der Waals surface area (Å²) in [6, 6.07) is 1.95. The Kier molecular flexibility index (Phi) is 2.50. The van der Waals surface area contributed by atoms with Gasteiger partial charge in [-0.15, -0.1) is 0 Å². The van der Waals surface area contributed by atoms with Gasteiger partial charge in [-0.05, 0) is 31.2 Å². The Hall–Kier alpha value is -1.58. The Bertz CT molecular complexity index is 436. The first-order chi connectivity index (χ1) is 8.28. The van der Waals surface area contributed by atoms with E-state index in [2.05, 4.69) is 15.2 Å². The number of rotatable bonds is 3. The van der Waals surface area contributed by atoms with Crippen LogP contribution >= 0.6 is 0 Å². The van der Waals surface area contributed by atoms with Crippen molar-refractivity contribution in [2.24, 2.45) is 11.8 Å². The van der Waals surface area contributed by atoms with Crippen molar-refractivity contribution in [2.45, 2.75) is 13.3 Å². The third-order valence-corrected chi connectivity index (χ3v) is 3.67. The first kappa shape index (κ1) is 10.6. The zero-order valence-electron chi connectivity index (χ0n) is 10.0. The second-order valence-corrected chi connectivity index (χ2v) is 4.95. The van der Waals surface area contributed by atoms with Crippen LogP contribution in [0.4, 0.5) is 5.69 Å². The van der Waals surface area contributed by atoms with Crippen LogP contribution in [0.1, 0.15) is 23.7 Å². The number of hydrogen-bond acceptors (Lipinski definition) is 3. The normalized spacial score (nSPS) is 25.6. The number of carbonyl (C=O) groups excluding carboxylic acids is 1. The quantitative estimate of drug-likeness (QED) is 0.852. The zero-order valence-corrected chi connectivity index (χ0v) is 10.0. The highest BCUT2D eigenvalue weighted by molar-refractivity contribution is 5.94. The average Bonchev–Trinajstić information content (AvgIpc) is 2.97. The van der Waals surface area contributed by atoms with E-state index in [4.69, 9.17) is 0 Å². The fourth-order valence-electron chi connectivity index (χ4n) is 2.60. The maximum Gasteiger partial charge on any atom is 0.252 e. The predicted octanol–water partition coefficient (Wildman–Crippen LogP) is 1.29. The molecule has 17 heavy (non-hydrogen) atoms. The van der Waals surface area contributed by atoms with Gasteiger partial charge in [0.15, 0.2) is 0 Å². The molecule has 2 atom stereocenters. The van der Waals surface area contributed by atoms with Gasteiger partial charge in [-0.25, -0.2) is 0 Å². The van der Waals surface area contributed by atoms with Gasteiger partial charge in [-0.1, -0.05) is 0 Å². The summed E-state index contributed by atoms with van der Waals surface area (Å²) in [7, 11) is 0. The largest absolute Gasteiger partial charge is 0.370 e. The van der Waals surface area contributed by atoms with E-state index in [1.807, 2.05) is 19.2 Å². The molecule has 1 saturated heterocycles. The van der Waals surface area contributed by atoms with Crippen molar-refractivity contribution >= 4 is 11.6 Å². The Morgan fingerprint density at radius 1 is 1.47 bits per heavy atom. The summed E-state index contributed by atoms with van der Waals surface area (Å²) in [6.07, 6.45) is 4.87. The molecular weight excluding hydrogens is 214 g/mol. The average molecular weight is 231 g/mol. The fourth-order valence-corrected chi connectivity index (χ4v) is 2.60. The van der Waals surface area contributed by atoms with Crippen LogP contribution in [0, 0.1) is 11.8 Å². The molecule has 2 aliphatic rings. The summed E-state index contributed by atoms with van der Waals surface area (Å²) < 4.78 is 0. The summed E-state index contributed by atoms with van der Waals surface area (Å²) in [5.41, 5.74) is 1.74. The highest BCUT2D eigenvalue weighted by Crippen LogP contribution is 2.46. The van der Waals surface area contributed by atoms with E-state index < -0.39 is 0 Å². The molecule has 0 bridgehead atoms. The zero-order chi connectivity index (χ0) is 11.8. The molecule has 1 N–H and O–H groups in total. The van der Waals surface area contributed by atoms with Crippen LogP contribution in [0.3, 0.4) is 0 Å². The van der Waals surface area contributed by atoms with E-state index in [-0.39, 0.29) is 5.91 Å². The molecule has 1 aromatic heterocycles. The summed E-state index contributed by atoms with van der Waals surface area (Å²) in [5.74, 6) is 1.75. The third kappa shape index (κ3) is 1.99. The van der Waals surface area contributed by atoms with Gasteiger partial charge in [-0.3, -0.25) is 9.78 Å². The van der Waals surface area contributed by atoms with Crippen molar-refractivity contribution in [1.29, 1.82) is 0 Å². The number of anilines is 1. The van der Waals surface area contributed by atoms with E-state index in [1.165, 1.54) is 6.42 Å². The number of hydrogen-bond donors (Lipinski definition) is 1. The maximum absolute atomic E-state index is 11.7. The highest BCUT2D eigenvalue weighted by atomic mass is 16.1. The molecule has 1 amide bonds. The van der Waals surface area contributed by atoms with E-state index in [0.29, 0.717) is 12.1 Å². The molecule has 90 valence electrons. The second kappa shape index (κ2) is 4.02. The highest BCUT2D eigenvalue weighted by Gasteiger charge is 2.45. The maximum atomic E-state index is 11.7. The number of carbonyl (C=O) groups is 1. The Balaban J connectivity index is 1.76. The molecule has 4 heteroatoms. The molecule has 4 nitrogen and oxygen atoms in total. The fraction of sp³-hybridized carbons (Fsp3) is 0.538. The van der Waals surface area contributed by atoms with Gasteiger partial charge in [-0.2, -0.15) is 0 Å². The molecule has 2 unspecified atom stereocenters. The number of pyridine rings is 1. The third-order valence-electron chi connectivity index (χ3n) is 3.67. The lowest BCUT2D eigenvalue weighted by atomic mass is 10.2. The van der Waals surface area contributed by atoms with Crippen LogP contribution in [-0.4, -0.2) is 30.5 Å². The molecule has 3 rings (SSSR count). The number of nitrogens with zero attached hydrogens (tertiary/aromatic N) is 2. The molecule has 1 aliphatic heterocycles. The first-order valence-electron chi connectivity index (χ1n) is 6.26. The summed E-state index contributed by atoms with van der Waals surface area (Å²) in [5, 5.41) is 2.80. The number of amides is 1. The van der Waals surface area contributed by atoms with Crippen molar-refractivity contribution < 1.29 is 4.79 Å². The summed E-state index contributed by atoms with van der Waals surface area (Å²) in [4.78, 5) is 18.2. The van der Waals surface area contributed by atoms with Crippen molar-refractivity contribution in [3.8, 4) is 0 Å². The second-order valence-electron chi connectivity index (χ2n) is 4.95. The van der Waals surface area contributed by atoms with Crippen molar-refractivity contribution in [2.75, 3.05) is 24.5 Å².